The molecule has 3 N–H and O–H groups in total. The smallest absolute Gasteiger partial charge is 0.261 e. The summed E-state index contributed by atoms with van der Waals surface area (Å²) >= 11 is 0. The summed E-state index contributed by atoms with van der Waals surface area (Å²) in [6, 6.07) is 29.5. The molecule has 0 saturated heterocycles. The first-order valence-electron chi connectivity index (χ1n) is 11.4. The summed E-state index contributed by atoms with van der Waals surface area (Å²) in [5.74, 6) is -0.143. The summed E-state index contributed by atoms with van der Waals surface area (Å²) in [4.78, 5) is 15.8. The first-order valence-corrected chi connectivity index (χ1v) is 12.9. The largest absolute Gasteiger partial charge is 0.362 e. The lowest BCUT2D eigenvalue weighted by Gasteiger charge is -2.10. The molecule has 0 spiro atoms. The van der Waals surface area contributed by atoms with E-state index >= 15 is 0 Å². The van der Waals surface area contributed by atoms with Gasteiger partial charge in [-0.3, -0.25) is 9.52 Å². The van der Waals surface area contributed by atoms with Gasteiger partial charge in [0.05, 0.1) is 10.5 Å². The lowest BCUT2D eigenvalue weighted by atomic mass is 10.00. The van der Waals surface area contributed by atoms with Crippen molar-refractivity contribution in [3.63, 3.8) is 0 Å². The van der Waals surface area contributed by atoms with Crippen molar-refractivity contribution >= 4 is 49.7 Å². The highest BCUT2D eigenvalue weighted by atomic mass is 32.2. The molecule has 0 aliphatic carbocycles. The van der Waals surface area contributed by atoms with E-state index in [0.717, 1.165) is 38.8 Å². The van der Waals surface area contributed by atoms with Crippen LogP contribution in [0.3, 0.4) is 0 Å². The van der Waals surface area contributed by atoms with Crippen molar-refractivity contribution in [3.05, 3.63) is 115 Å². The molecule has 1 aliphatic rings. The Hall–Kier alpha value is -4.62. The van der Waals surface area contributed by atoms with Crippen LogP contribution in [0.15, 0.2) is 108 Å². The van der Waals surface area contributed by atoms with Gasteiger partial charge < -0.3 is 10.3 Å². The van der Waals surface area contributed by atoms with Crippen LogP contribution in [-0.2, 0) is 14.8 Å². The molecule has 0 bridgehead atoms. The summed E-state index contributed by atoms with van der Waals surface area (Å²) in [6.07, 6.45) is 3.64. The monoisotopic (exact) mass is 491 g/mol. The van der Waals surface area contributed by atoms with Crippen LogP contribution in [0.4, 0.5) is 11.4 Å². The molecule has 0 atom stereocenters. The molecule has 0 unspecified atom stereocenters. The van der Waals surface area contributed by atoms with Crippen LogP contribution >= 0.6 is 0 Å². The van der Waals surface area contributed by atoms with Crippen molar-refractivity contribution < 1.29 is 13.2 Å². The van der Waals surface area contributed by atoms with Gasteiger partial charge in [-0.15, -0.1) is 0 Å². The number of carbonyl (C=O) groups is 1. The highest BCUT2D eigenvalue weighted by molar-refractivity contribution is 7.92. The summed E-state index contributed by atoms with van der Waals surface area (Å²) < 4.78 is 28.5. The van der Waals surface area contributed by atoms with E-state index in [1.165, 1.54) is 0 Å². The average Bonchev–Trinajstić information content (AvgIpc) is 3.51. The fourth-order valence-electron chi connectivity index (χ4n) is 4.39. The zero-order chi connectivity index (χ0) is 24.7. The van der Waals surface area contributed by atoms with Crippen molar-refractivity contribution in [1.29, 1.82) is 0 Å². The maximum Gasteiger partial charge on any atom is 0.261 e. The van der Waals surface area contributed by atoms with Gasteiger partial charge >= 0.3 is 0 Å². The quantitative estimate of drug-likeness (QED) is 0.258. The second-order valence-electron chi connectivity index (χ2n) is 8.59. The Bertz CT molecular complexity index is 1750. The van der Waals surface area contributed by atoms with Crippen molar-refractivity contribution in [2.24, 2.45) is 0 Å². The second kappa shape index (κ2) is 8.55. The molecule has 176 valence electrons. The van der Waals surface area contributed by atoms with Crippen LogP contribution in [0.25, 0.3) is 33.5 Å². The van der Waals surface area contributed by atoms with Gasteiger partial charge in [0.1, 0.15) is 0 Å². The zero-order valence-electron chi connectivity index (χ0n) is 19.0. The third-order valence-corrected chi connectivity index (χ3v) is 7.61. The Labute approximate surface area is 208 Å². The fourth-order valence-corrected chi connectivity index (χ4v) is 5.48. The molecule has 6 rings (SSSR count). The number of aromatic nitrogens is 1. The van der Waals surface area contributed by atoms with Gasteiger partial charge in [-0.05, 0) is 70.4 Å². The Balaban J connectivity index is 1.24. The molecule has 36 heavy (non-hydrogen) atoms. The first-order chi connectivity index (χ1) is 17.5. The van der Waals surface area contributed by atoms with Gasteiger partial charge in [0, 0.05) is 28.8 Å². The van der Waals surface area contributed by atoms with Crippen molar-refractivity contribution in [2.45, 2.75) is 4.90 Å². The average molecular weight is 492 g/mol. The molecule has 5 aromatic rings. The van der Waals surface area contributed by atoms with Gasteiger partial charge in [-0.2, -0.15) is 0 Å². The molecule has 1 amide bonds. The molecule has 6 nitrogen and oxygen atoms in total. The second-order valence-corrected chi connectivity index (χ2v) is 10.3. The van der Waals surface area contributed by atoms with E-state index < -0.39 is 10.0 Å². The van der Waals surface area contributed by atoms with Gasteiger partial charge in [0.2, 0.25) is 0 Å². The Morgan fingerprint density at radius 3 is 2.31 bits per heavy atom. The fraction of sp³-hybridized carbons (Fsp3) is 0. The maximum atomic E-state index is 12.9. The number of benzene rings is 4. The third kappa shape index (κ3) is 4.06. The van der Waals surface area contributed by atoms with Crippen LogP contribution in [0.1, 0.15) is 11.3 Å². The minimum absolute atomic E-state index is 0.143. The van der Waals surface area contributed by atoms with E-state index in [4.69, 9.17) is 0 Å². The molecule has 0 saturated carbocycles. The highest BCUT2D eigenvalue weighted by Gasteiger charge is 2.24. The van der Waals surface area contributed by atoms with Crippen LogP contribution in [0.2, 0.25) is 0 Å². The number of nitrogens with one attached hydrogen (secondary N) is 3. The lowest BCUT2D eigenvalue weighted by Crippen LogP contribution is -2.12. The first kappa shape index (κ1) is 21.9. The predicted molar refractivity (Wildman–Crippen MR) is 144 cm³/mol. The Morgan fingerprint density at radius 2 is 1.53 bits per heavy atom. The molecular weight excluding hydrogens is 470 g/mol. The number of rotatable bonds is 5. The predicted octanol–water partition coefficient (Wildman–Crippen LogP) is 6.13. The van der Waals surface area contributed by atoms with E-state index in [1.807, 2.05) is 79.0 Å². The number of hydrogen-bond acceptors (Lipinski definition) is 3. The SMILES string of the molecule is O=C1Nc2cc(-c3ccc(NS(=O)(=O)c4ccc5ccccc5c4)cc3)ccc2/C1=C/c1ccc[nH]1. The van der Waals surface area contributed by atoms with E-state index in [1.54, 1.807) is 30.3 Å². The lowest BCUT2D eigenvalue weighted by molar-refractivity contribution is -0.110. The molecule has 1 aromatic heterocycles. The number of fused-ring (bicyclic) bond motifs is 2. The summed E-state index contributed by atoms with van der Waals surface area (Å²) in [5.41, 5.74) is 5.35. The number of amides is 1. The minimum atomic E-state index is -3.73. The van der Waals surface area contributed by atoms with Crippen LogP contribution in [-0.4, -0.2) is 19.3 Å². The summed E-state index contributed by atoms with van der Waals surface area (Å²) in [5, 5.41) is 4.78. The Kier molecular flexibility index (Phi) is 5.20. The number of hydrogen-bond donors (Lipinski definition) is 3. The third-order valence-electron chi connectivity index (χ3n) is 6.23. The number of H-pyrrole nitrogens is 1. The van der Waals surface area contributed by atoms with Crippen molar-refractivity contribution in [2.75, 3.05) is 10.0 Å². The Morgan fingerprint density at radius 1 is 0.750 bits per heavy atom. The van der Waals surface area contributed by atoms with Gasteiger partial charge in [0.25, 0.3) is 15.9 Å². The van der Waals surface area contributed by atoms with E-state index in [2.05, 4.69) is 15.0 Å². The molecular formula is C29H21N3O3S. The van der Waals surface area contributed by atoms with E-state index in [9.17, 15) is 13.2 Å². The van der Waals surface area contributed by atoms with Crippen LogP contribution in [0, 0.1) is 0 Å². The molecule has 0 radical (unpaired) electrons. The van der Waals surface area contributed by atoms with Crippen molar-refractivity contribution in [1.82, 2.24) is 4.98 Å². The van der Waals surface area contributed by atoms with Crippen molar-refractivity contribution in [3.8, 4) is 11.1 Å². The number of aromatic amines is 1. The van der Waals surface area contributed by atoms with Gasteiger partial charge in [0.15, 0.2) is 0 Å². The normalized spacial score (nSPS) is 14.1. The zero-order valence-corrected chi connectivity index (χ0v) is 19.8. The maximum absolute atomic E-state index is 12.9. The molecule has 1 aliphatic heterocycles. The molecule has 4 aromatic carbocycles. The summed E-state index contributed by atoms with van der Waals surface area (Å²) in [6.45, 7) is 0. The van der Waals surface area contributed by atoms with E-state index in [-0.39, 0.29) is 10.8 Å². The standard InChI is InChI=1S/C29H21N3O3S/c33-29-27(18-24-6-3-15-30-24)26-14-10-22(17-28(26)31-29)20-7-11-23(12-8-20)32-36(34,35)25-13-9-19-4-1-2-5-21(19)16-25/h1-18,30,32H,(H,31,33)/b27-18-. The number of anilines is 2. The number of carbonyl (C=O) groups excluding carboxylic acids is 1. The summed E-state index contributed by atoms with van der Waals surface area (Å²) in [7, 11) is -3.73. The van der Waals surface area contributed by atoms with Crippen LogP contribution < -0.4 is 10.0 Å². The minimum Gasteiger partial charge on any atom is -0.362 e. The van der Waals surface area contributed by atoms with Gasteiger partial charge in [-0.1, -0.05) is 54.6 Å². The van der Waals surface area contributed by atoms with E-state index in [0.29, 0.717) is 11.3 Å². The highest BCUT2D eigenvalue weighted by Crippen LogP contribution is 2.36. The number of sulfonamides is 1. The molecule has 0 fully saturated rings. The van der Waals surface area contributed by atoms with Crippen LogP contribution in [0.5, 0.6) is 0 Å². The molecule has 7 heteroatoms. The molecule has 2 heterocycles. The topological polar surface area (TPSA) is 91.1 Å². The van der Waals surface area contributed by atoms with Gasteiger partial charge in [-0.25, -0.2) is 8.42 Å².